The number of hydrogen-bond donors (Lipinski definition) is 0. The SMILES string of the molecule is Cc1ccccc1C(c1ccccc1)P(=O)(c1ccccc1)c1ccccc1. The Morgan fingerprint density at radius 2 is 1.00 bits per heavy atom. The molecule has 0 aliphatic heterocycles. The molecule has 4 aromatic rings. The van der Waals surface area contributed by atoms with Crippen molar-refractivity contribution in [1.29, 1.82) is 0 Å². The Morgan fingerprint density at radius 3 is 1.50 bits per heavy atom. The molecule has 0 saturated heterocycles. The zero-order valence-electron chi connectivity index (χ0n) is 15.9. The van der Waals surface area contributed by atoms with E-state index in [9.17, 15) is 0 Å². The van der Waals surface area contributed by atoms with Crippen LogP contribution in [0, 0.1) is 6.92 Å². The summed E-state index contributed by atoms with van der Waals surface area (Å²) < 4.78 is 15.1. The van der Waals surface area contributed by atoms with Crippen molar-refractivity contribution in [2.75, 3.05) is 0 Å². The van der Waals surface area contributed by atoms with E-state index in [-0.39, 0.29) is 5.66 Å². The first kappa shape index (κ1) is 18.5. The van der Waals surface area contributed by atoms with Crippen molar-refractivity contribution >= 4 is 17.8 Å². The highest BCUT2D eigenvalue weighted by Crippen LogP contribution is 2.60. The van der Waals surface area contributed by atoms with Gasteiger partial charge in [-0.2, -0.15) is 0 Å². The number of benzene rings is 4. The van der Waals surface area contributed by atoms with Gasteiger partial charge in [0.1, 0.15) is 0 Å². The molecule has 0 aliphatic carbocycles. The summed E-state index contributed by atoms with van der Waals surface area (Å²) in [5.41, 5.74) is 3.11. The summed E-state index contributed by atoms with van der Waals surface area (Å²) in [7, 11) is -3.00. The Kier molecular flexibility index (Phi) is 5.28. The lowest BCUT2D eigenvalue weighted by atomic mass is 10.00. The Hall–Kier alpha value is -2.89. The molecule has 0 bridgehead atoms. The summed E-state index contributed by atoms with van der Waals surface area (Å²) >= 11 is 0. The fourth-order valence-corrected chi connectivity index (χ4v) is 7.26. The summed E-state index contributed by atoms with van der Waals surface area (Å²) in [6, 6.07) is 38.4. The number of aryl methyl sites for hydroxylation is 1. The van der Waals surface area contributed by atoms with E-state index >= 15 is 4.57 Å². The molecule has 2 heteroatoms. The smallest absolute Gasteiger partial charge is 0.154 e. The van der Waals surface area contributed by atoms with E-state index in [0.29, 0.717) is 0 Å². The molecule has 0 saturated carbocycles. The van der Waals surface area contributed by atoms with Gasteiger partial charge in [0.25, 0.3) is 0 Å². The van der Waals surface area contributed by atoms with Crippen LogP contribution < -0.4 is 10.6 Å². The highest BCUT2D eigenvalue weighted by atomic mass is 31.2. The average molecular weight is 382 g/mol. The first-order valence-electron chi connectivity index (χ1n) is 9.52. The molecular weight excluding hydrogens is 359 g/mol. The molecule has 0 aliphatic rings. The summed E-state index contributed by atoms with van der Waals surface area (Å²) in [6.07, 6.45) is 0. The van der Waals surface area contributed by atoms with Gasteiger partial charge in [-0.25, -0.2) is 0 Å². The Balaban J connectivity index is 2.06. The second-order valence-electron chi connectivity index (χ2n) is 7.00. The quantitative estimate of drug-likeness (QED) is 0.381. The van der Waals surface area contributed by atoms with Gasteiger partial charge in [-0.15, -0.1) is 0 Å². The van der Waals surface area contributed by atoms with E-state index < -0.39 is 7.14 Å². The Morgan fingerprint density at radius 1 is 0.571 bits per heavy atom. The predicted octanol–water partition coefficient (Wildman–Crippen LogP) is 6.10. The van der Waals surface area contributed by atoms with Crippen LogP contribution in [0.4, 0.5) is 0 Å². The minimum atomic E-state index is -3.00. The number of hydrogen-bond acceptors (Lipinski definition) is 1. The molecule has 138 valence electrons. The van der Waals surface area contributed by atoms with Gasteiger partial charge in [0.15, 0.2) is 7.14 Å². The number of rotatable bonds is 5. The van der Waals surface area contributed by atoms with Gasteiger partial charge < -0.3 is 4.57 Å². The molecule has 4 rings (SSSR count). The van der Waals surface area contributed by atoms with Gasteiger partial charge in [-0.1, -0.05) is 115 Å². The van der Waals surface area contributed by atoms with Gasteiger partial charge >= 0.3 is 0 Å². The van der Waals surface area contributed by atoms with Crippen LogP contribution in [0.3, 0.4) is 0 Å². The molecule has 28 heavy (non-hydrogen) atoms. The highest BCUT2D eigenvalue weighted by molar-refractivity contribution is 7.79. The molecule has 0 amide bonds. The van der Waals surface area contributed by atoms with Crippen LogP contribution in [0.2, 0.25) is 0 Å². The monoisotopic (exact) mass is 382 g/mol. The van der Waals surface area contributed by atoms with E-state index in [1.807, 2.05) is 91.0 Å². The van der Waals surface area contributed by atoms with Crippen LogP contribution in [-0.2, 0) is 4.57 Å². The fraction of sp³-hybridized carbons (Fsp3) is 0.0769. The van der Waals surface area contributed by atoms with Crippen molar-refractivity contribution in [3.8, 4) is 0 Å². The summed E-state index contributed by atoms with van der Waals surface area (Å²) in [4.78, 5) is 0. The summed E-state index contributed by atoms with van der Waals surface area (Å²) in [6.45, 7) is 2.10. The van der Waals surface area contributed by atoms with Crippen molar-refractivity contribution < 1.29 is 4.57 Å². The third-order valence-electron chi connectivity index (χ3n) is 5.24. The molecule has 0 heterocycles. The normalized spacial score (nSPS) is 12.5. The molecule has 0 radical (unpaired) electrons. The first-order chi connectivity index (χ1) is 13.7. The van der Waals surface area contributed by atoms with Gasteiger partial charge in [-0.05, 0) is 23.6 Å². The van der Waals surface area contributed by atoms with Crippen LogP contribution >= 0.6 is 7.14 Å². The van der Waals surface area contributed by atoms with Crippen LogP contribution in [-0.4, -0.2) is 0 Å². The maximum absolute atomic E-state index is 15.1. The van der Waals surface area contributed by atoms with Crippen LogP contribution in [0.15, 0.2) is 115 Å². The Bertz CT molecular complexity index is 1050. The van der Waals surface area contributed by atoms with Crippen molar-refractivity contribution in [1.82, 2.24) is 0 Å². The van der Waals surface area contributed by atoms with Crippen molar-refractivity contribution in [3.05, 3.63) is 132 Å². The van der Waals surface area contributed by atoms with E-state index in [1.165, 1.54) is 0 Å². The third-order valence-corrected chi connectivity index (χ3v) is 8.68. The molecule has 4 aromatic carbocycles. The van der Waals surface area contributed by atoms with Gasteiger partial charge in [-0.3, -0.25) is 0 Å². The predicted molar refractivity (Wildman–Crippen MR) is 119 cm³/mol. The van der Waals surface area contributed by atoms with Crippen LogP contribution in [0.25, 0.3) is 0 Å². The molecular formula is C26H23OP. The van der Waals surface area contributed by atoms with E-state index in [2.05, 4.69) is 31.2 Å². The lowest BCUT2D eigenvalue weighted by molar-refractivity contribution is 0.582. The topological polar surface area (TPSA) is 17.1 Å². The van der Waals surface area contributed by atoms with Gasteiger partial charge in [0, 0.05) is 10.6 Å². The van der Waals surface area contributed by atoms with E-state index in [4.69, 9.17) is 0 Å². The maximum atomic E-state index is 15.1. The van der Waals surface area contributed by atoms with Crippen molar-refractivity contribution in [3.63, 3.8) is 0 Å². The lowest BCUT2D eigenvalue weighted by Gasteiger charge is -2.30. The first-order valence-corrected chi connectivity index (χ1v) is 11.3. The van der Waals surface area contributed by atoms with E-state index in [0.717, 1.165) is 27.3 Å². The van der Waals surface area contributed by atoms with Crippen molar-refractivity contribution in [2.24, 2.45) is 0 Å². The van der Waals surface area contributed by atoms with Crippen molar-refractivity contribution in [2.45, 2.75) is 12.6 Å². The molecule has 1 nitrogen and oxygen atoms in total. The minimum Gasteiger partial charge on any atom is -0.313 e. The molecule has 0 spiro atoms. The molecule has 1 unspecified atom stereocenters. The second kappa shape index (κ2) is 8.00. The van der Waals surface area contributed by atoms with Crippen LogP contribution in [0.5, 0.6) is 0 Å². The fourth-order valence-electron chi connectivity index (χ4n) is 3.86. The molecule has 0 N–H and O–H groups in total. The summed E-state index contributed by atoms with van der Waals surface area (Å²) in [5, 5.41) is 1.77. The lowest BCUT2D eigenvalue weighted by Crippen LogP contribution is -2.22. The maximum Gasteiger partial charge on any atom is 0.154 e. The second-order valence-corrected chi connectivity index (χ2v) is 9.86. The minimum absolute atomic E-state index is 0.236. The standard InChI is InChI=1S/C26H23OP/c1-21-13-11-12-20-25(21)26(22-14-5-2-6-15-22)28(27,23-16-7-3-8-17-23)24-18-9-4-10-19-24/h2-20,26H,1H3. The highest BCUT2D eigenvalue weighted by Gasteiger charge is 2.39. The Labute approximate surface area is 167 Å². The molecule has 1 atom stereocenters. The van der Waals surface area contributed by atoms with Gasteiger partial charge in [0.2, 0.25) is 0 Å². The largest absolute Gasteiger partial charge is 0.313 e. The third kappa shape index (κ3) is 3.35. The molecule has 0 aromatic heterocycles. The van der Waals surface area contributed by atoms with E-state index in [1.54, 1.807) is 0 Å². The molecule has 0 fully saturated rings. The summed E-state index contributed by atoms with van der Waals surface area (Å²) in [5.74, 6) is 0. The average Bonchev–Trinajstić information content (AvgIpc) is 2.77. The van der Waals surface area contributed by atoms with Gasteiger partial charge in [0.05, 0.1) is 5.66 Å². The zero-order valence-corrected chi connectivity index (χ0v) is 16.8. The zero-order chi connectivity index (χ0) is 19.4. The van der Waals surface area contributed by atoms with Crippen LogP contribution in [0.1, 0.15) is 22.3 Å².